The van der Waals surface area contributed by atoms with Crippen LogP contribution in [0.5, 0.6) is 0 Å². The molecule has 0 aromatic carbocycles. The Balaban J connectivity index is 1.67. The van der Waals surface area contributed by atoms with Crippen molar-refractivity contribution in [1.82, 2.24) is 0 Å². The molecule has 2 rings (SSSR count). The van der Waals surface area contributed by atoms with Crippen LogP contribution in [0.4, 0.5) is 0 Å². The fourth-order valence-corrected chi connectivity index (χ4v) is 1.27. The fraction of sp³-hybridized carbons (Fsp3) is 1.00. The van der Waals surface area contributed by atoms with Gasteiger partial charge in [-0.15, -0.1) is 0 Å². The smallest absolute Gasteiger partial charge is 0.0981 e. The molecule has 1 saturated carbocycles. The second-order valence-corrected chi connectivity index (χ2v) is 3.52. The average Bonchev–Trinajstić information content (AvgIpc) is 2.73. The van der Waals surface area contributed by atoms with Gasteiger partial charge in [-0.05, 0) is 18.8 Å². The van der Waals surface area contributed by atoms with Gasteiger partial charge in [0, 0.05) is 6.61 Å². The van der Waals surface area contributed by atoms with E-state index in [0.29, 0.717) is 13.2 Å². The number of hydrogen-bond acceptors (Lipinski definition) is 3. The third-order valence-corrected chi connectivity index (χ3v) is 2.31. The number of ether oxygens (including phenoxy) is 2. The summed E-state index contributed by atoms with van der Waals surface area (Å²) in [6.45, 7) is 2.24. The number of rotatable bonds is 3. The van der Waals surface area contributed by atoms with Crippen LogP contribution in [-0.2, 0) is 9.47 Å². The molecule has 3 nitrogen and oxygen atoms in total. The molecular formula is C8H15NO2. The first-order chi connectivity index (χ1) is 5.36. The fourth-order valence-electron chi connectivity index (χ4n) is 1.27. The quantitative estimate of drug-likeness (QED) is 0.633. The Kier molecular flexibility index (Phi) is 2.11. The molecule has 1 aliphatic carbocycles. The van der Waals surface area contributed by atoms with E-state index in [2.05, 4.69) is 0 Å². The summed E-state index contributed by atoms with van der Waals surface area (Å²) in [4.78, 5) is 0. The molecule has 3 heteroatoms. The highest BCUT2D eigenvalue weighted by Gasteiger charge is 2.28. The zero-order valence-corrected chi connectivity index (χ0v) is 6.66. The van der Waals surface area contributed by atoms with Crippen LogP contribution in [-0.4, -0.2) is 32.0 Å². The molecule has 0 aromatic heterocycles. The van der Waals surface area contributed by atoms with Crippen LogP contribution in [0.1, 0.15) is 12.8 Å². The standard InChI is InChI=1S/C8H15NO2/c9-7-4-10-5-8(7)11-3-6-1-2-6/h6-8H,1-5,9H2. The third-order valence-electron chi connectivity index (χ3n) is 2.31. The van der Waals surface area contributed by atoms with E-state index in [1.54, 1.807) is 0 Å². The molecule has 2 atom stereocenters. The third kappa shape index (κ3) is 1.92. The molecule has 1 aliphatic heterocycles. The summed E-state index contributed by atoms with van der Waals surface area (Å²) in [5, 5.41) is 0. The lowest BCUT2D eigenvalue weighted by atomic mass is 10.2. The molecule has 0 radical (unpaired) electrons. The van der Waals surface area contributed by atoms with E-state index in [-0.39, 0.29) is 12.1 Å². The molecule has 2 fully saturated rings. The highest BCUT2D eigenvalue weighted by molar-refractivity contribution is 4.80. The second kappa shape index (κ2) is 3.09. The van der Waals surface area contributed by atoms with Gasteiger partial charge in [0.25, 0.3) is 0 Å². The maximum absolute atomic E-state index is 5.74. The van der Waals surface area contributed by atoms with E-state index in [1.165, 1.54) is 12.8 Å². The van der Waals surface area contributed by atoms with Crippen molar-refractivity contribution in [3.63, 3.8) is 0 Å². The Bertz CT molecular complexity index is 136. The van der Waals surface area contributed by atoms with Gasteiger partial charge in [-0.3, -0.25) is 0 Å². The van der Waals surface area contributed by atoms with Gasteiger partial charge in [-0.2, -0.15) is 0 Å². The Hall–Kier alpha value is -0.120. The van der Waals surface area contributed by atoms with Crippen molar-refractivity contribution in [2.24, 2.45) is 11.7 Å². The van der Waals surface area contributed by atoms with E-state index in [4.69, 9.17) is 15.2 Å². The lowest BCUT2D eigenvalue weighted by Crippen LogP contribution is -2.35. The maximum atomic E-state index is 5.74. The van der Waals surface area contributed by atoms with Crippen LogP contribution in [0.25, 0.3) is 0 Å². The van der Waals surface area contributed by atoms with Crippen molar-refractivity contribution in [2.75, 3.05) is 19.8 Å². The topological polar surface area (TPSA) is 44.5 Å². The molecule has 0 spiro atoms. The molecule has 2 N–H and O–H groups in total. The minimum absolute atomic E-state index is 0.105. The first-order valence-corrected chi connectivity index (χ1v) is 4.31. The molecule has 1 heterocycles. The highest BCUT2D eigenvalue weighted by atomic mass is 16.5. The van der Waals surface area contributed by atoms with Crippen LogP contribution in [0.15, 0.2) is 0 Å². The van der Waals surface area contributed by atoms with Crippen LogP contribution in [0.2, 0.25) is 0 Å². The summed E-state index contributed by atoms with van der Waals surface area (Å²) < 4.78 is 10.8. The van der Waals surface area contributed by atoms with Crippen LogP contribution in [0, 0.1) is 5.92 Å². The second-order valence-electron chi connectivity index (χ2n) is 3.52. The van der Waals surface area contributed by atoms with Gasteiger partial charge in [-0.25, -0.2) is 0 Å². The molecule has 0 amide bonds. The monoisotopic (exact) mass is 157 g/mol. The number of hydrogen-bond donors (Lipinski definition) is 1. The SMILES string of the molecule is NC1COCC1OCC1CC1. The summed E-state index contributed by atoms with van der Waals surface area (Å²) in [5.41, 5.74) is 5.74. The van der Waals surface area contributed by atoms with E-state index in [0.717, 1.165) is 12.5 Å². The van der Waals surface area contributed by atoms with E-state index in [1.807, 2.05) is 0 Å². The zero-order valence-electron chi connectivity index (χ0n) is 6.66. The van der Waals surface area contributed by atoms with Gasteiger partial charge in [0.1, 0.15) is 0 Å². The summed E-state index contributed by atoms with van der Waals surface area (Å²) in [6.07, 6.45) is 2.83. The normalized spacial score (nSPS) is 37.9. The maximum Gasteiger partial charge on any atom is 0.0981 e. The van der Waals surface area contributed by atoms with Crippen LogP contribution < -0.4 is 5.73 Å². The molecule has 0 bridgehead atoms. The molecule has 1 saturated heterocycles. The molecule has 2 unspecified atom stereocenters. The van der Waals surface area contributed by atoms with Crippen molar-refractivity contribution < 1.29 is 9.47 Å². The van der Waals surface area contributed by atoms with Gasteiger partial charge in [0.15, 0.2) is 0 Å². The van der Waals surface area contributed by atoms with E-state index in [9.17, 15) is 0 Å². The van der Waals surface area contributed by atoms with Crippen LogP contribution >= 0.6 is 0 Å². The minimum Gasteiger partial charge on any atom is -0.377 e. The highest BCUT2D eigenvalue weighted by Crippen LogP contribution is 2.29. The predicted octanol–water partition coefficient (Wildman–Crippen LogP) is 0.139. The van der Waals surface area contributed by atoms with Crippen LogP contribution in [0.3, 0.4) is 0 Å². The van der Waals surface area contributed by atoms with Crippen molar-refractivity contribution in [3.05, 3.63) is 0 Å². The van der Waals surface area contributed by atoms with Gasteiger partial charge in [0.05, 0.1) is 25.4 Å². The van der Waals surface area contributed by atoms with Gasteiger partial charge >= 0.3 is 0 Å². The molecule has 11 heavy (non-hydrogen) atoms. The Morgan fingerprint density at radius 2 is 2.18 bits per heavy atom. The van der Waals surface area contributed by atoms with Crippen molar-refractivity contribution >= 4 is 0 Å². The van der Waals surface area contributed by atoms with Crippen molar-refractivity contribution in [2.45, 2.75) is 25.0 Å². The summed E-state index contributed by atoms with van der Waals surface area (Å²) >= 11 is 0. The summed E-state index contributed by atoms with van der Waals surface area (Å²) in [6, 6.07) is 0.105. The predicted molar refractivity (Wildman–Crippen MR) is 41.3 cm³/mol. The molecule has 64 valence electrons. The van der Waals surface area contributed by atoms with Gasteiger partial charge in [-0.1, -0.05) is 0 Å². The lowest BCUT2D eigenvalue weighted by molar-refractivity contribution is 0.0315. The zero-order chi connectivity index (χ0) is 7.68. The Morgan fingerprint density at radius 1 is 1.36 bits per heavy atom. The number of nitrogens with two attached hydrogens (primary N) is 1. The average molecular weight is 157 g/mol. The van der Waals surface area contributed by atoms with E-state index < -0.39 is 0 Å². The van der Waals surface area contributed by atoms with E-state index >= 15 is 0 Å². The van der Waals surface area contributed by atoms with Gasteiger partial charge < -0.3 is 15.2 Å². The molecular weight excluding hydrogens is 142 g/mol. The summed E-state index contributed by atoms with van der Waals surface area (Å²) in [7, 11) is 0. The Morgan fingerprint density at radius 3 is 2.73 bits per heavy atom. The minimum atomic E-state index is 0.105. The van der Waals surface area contributed by atoms with Crippen molar-refractivity contribution in [3.8, 4) is 0 Å². The first kappa shape index (κ1) is 7.53. The summed E-state index contributed by atoms with van der Waals surface area (Å²) in [5.74, 6) is 0.822. The van der Waals surface area contributed by atoms with Crippen molar-refractivity contribution in [1.29, 1.82) is 0 Å². The molecule has 0 aromatic rings. The van der Waals surface area contributed by atoms with Gasteiger partial charge in [0.2, 0.25) is 0 Å². The lowest BCUT2D eigenvalue weighted by Gasteiger charge is -2.13. The largest absolute Gasteiger partial charge is 0.377 e. The Labute approximate surface area is 66.8 Å². The molecule has 2 aliphatic rings. The first-order valence-electron chi connectivity index (χ1n) is 4.31.